The first-order chi connectivity index (χ1) is 35.3. The van der Waals surface area contributed by atoms with Crippen LogP contribution in [0.1, 0.15) is 61.7 Å². The molecule has 0 spiro atoms. The van der Waals surface area contributed by atoms with Crippen molar-refractivity contribution in [2.24, 2.45) is 0 Å². The van der Waals surface area contributed by atoms with Crippen molar-refractivity contribution >= 4 is 23.9 Å². The van der Waals surface area contributed by atoms with Crippen LogP contribution in [0.2, 0.25) is 0 Å². The van der Waals surface area contributed by atoms with Gasteiger partial charge in [0.05, 0.1) is 50.8 Å². The Labute approximate surface area is 424 Å². The molecule has 3 aliphatic heterocycles. The Balaban J connectivity index is 1.30. The van der Waals surface area contributed by atoms with Crippen LogP contribution < -0.4 is 0 Å². The molecule has 18 heteroatoms. The number of rotatable bonds is 22. The summed E-state index contributed by atoms with van der Waals surface area (Å²) < 4.78 is 82.3. The Morgan fingerprint density at radius 3 is 1.52 bits per heavy atom. The molecular weight excluding hydrogens is 949 g/mol. The maximum Gasteiger partial charge on any atom is 0.338 e. The Hall–Kier alpha value is -5.90. The molecular formula is C55H64O18. The maximum absolute atomic E-state index is 14.1. The van der Waals surface area contributed by atoms with Crippen LogP contribution in [0.3, 0.4) is 0 Å². The molecule has 73 heavy (non-hydrogen) atoms. The van der Waals surface area contributed by atoms with Gasteiger partial charge in [0, 0.05) is 20.8 Å². The van der Waals surface area contributed by atoms with Crippen molar-refractivity contribution < 1.29 is 85.9 Å². The molecule has 7 rings (SSSR count). The summed E-state index contributed by atoms with van der Waals surface area (Å²) in [7, 11) is 0. The summed E-state index contributed by atoms with van der Waals surface area (Å²) in [6.45, 7) is 10.6. The number of aliphatic hydroxyl groups is 1. The molecule has 0 saturated carbocycles. The van der Waals surface area contributed by atoms with E-state index in [0.29, 0.717) is 0 Å². The first-order valence-corrected chi connectivity index (χ1v) is 24.2. The first-order valence-electron chi connectivity index (χ1n) is 24.2. The van der Waals surface area contributed by atoms with E-state index in [1.54, 1.807) is 44.2 Å². The Morgan fingerprint density at radius 2 is 0.959 bits per heavy atom. The van der Waals surface area contributed by atoms with Gasteiger partial charge in [0.2, 0.25) is 0 Å². The fourth-order valence-corrected chi connectivity index (χ4v) is 8.82. The van der Waals surface area contributed by atoms with Crippen molar-refractivity contribution in [2.75, 3.05) is 13.2 Å². The SMILES string of the molecule is C=CCO[C@@H]1O[C@@H](C)[C@H](O[C@H]2O[C@H](COCc3ccccc3)[C@@H](OCc3ccccc3)[C@H](O)[C@H]2OCc2ccccc2)[C@@H](O[C@@H]2O[C@@H](C)[C@H](OC(C)=O)[C@@H](OC(C)=O)[C@H]2OC(C)=O)[C@H]1OC(=O)c1ccccc1. The average Bonchev–Trinajstić information content (AvgIpc) is 3.37. The van der Waals surface area contributed by atoms with Crippen molar-refractivity contribution in [3.05, 3.63) is 156 Å². The zero-order valence-electron chi connectivity index (χ0n) is 41.4. The average molecular weight is 1010 g/mol. The van der Waals surface area contributed by atoms with Gasteiger partial charge in [0.15, 0.2) is 43.3 Å². The van der Waals surface area contributed by atoms with Crippen LogP contribution in [0, 0.1) is 0 Å². The molecule has 3 heterocycles. The third-order valence-electron chi connectivity index (χ3n) is 12.2. The zero-order chi connectivity index (χ0) is 51.9. The van der Waals surface area contributed by atoms with Crippen LogP contribution in [0.5, 0.6) is 0 Å². The summed E-state index contributed by atoms with van der Waals surface area (Å²) in [5.41, 5.74) is 2.70. The van der Waals surface area contributed by atoms with Gasteiger partial charge >= 0.3 is 23.9 Å². The molecule has 4 aromatic carbocycles. The van der Waals surface area contributed by atoms with E-state index in [1.165, 1.54) is 13.0 Å². The fourth-order valence-electron chi connectivity index (χ4n) is 8.82. The van der Waals surface area contributed by atoms with E-state index in [2.05, 4.69) is 6.58 Å². The van der Waals surface area contributed by atoms with Crippen molar-refractivity contribution in [2.45, 2.75) is 147 Å². The van der Waals surface area contributed by atoms with E-state index in [1.807, 2.05) is 91.0 Å². The Morgan fingerprint density at radius 1 is 0.507 bits per heavy atom. The lowest BCUT2D eigenvalue weighted by Gasteiger charge is -2.50. The maximum atomic E-state index is 14.1. The van der Waals surface area contributed by atoms with Crippen molar-refractivity contribution in [3.63, 3.8) is 0 Å². The quantitative estimate of drug-likeness (QED) is 0.0549. The molecule has 3 fully saturated rings. The van der Waals surface area contributed by atoms with Gasteiger partial charge < -0.3 is 66.7 Å². The van der Waals surface area contributed by atoms with Gasteiger partial charge in [0.25, 0.3) is 0 Å². The van der Waals surface area contributed by atoms with E-state index in [4.69, 9.17) is 61.6 Å². The molecule has 392 valence electrons. The number of carbonyl (C=O) groups excluding carboxylic acids is 4. The van der Waals surface area contributed by atoms with E-state index in [0.717, 1.165) is 30.5 Å². The van der Waals surface area contributed by atoms with Crippen LogP contribution in [0.4, 0.5) is 0 Å². The van der Waals surface area contributed by atoms with Gasteiger partial charge in [-0.05, 0) is 42.7 Å². The van der Waals surface area contributed by atoms with E-state index in [9.17, 15) is 24.3 Å². The number of aliphatic hydroxyl groups excluding tert-OH is 1. The lowest BCUT2D eigenvalue weighted by molar-refractivity contribution is -0.385. The normalized spacial score (nSPS) is 30.1. The minimum absolute atomic E-state index is 0.0106. The first kappa shape index (κ1) is 54.9. The lowest BCUT2D eigenvalue weighted by Crippen LogP contribution is -2.67. The summed E-state index contributed by atoms with van der Waals surface area (Å²) in [5.74, 6) is -3.14. The highest BCUT2D eigenvalue weighted by Crippen LogP contribution is 2.38. The predicted molar refractivity (Wildman–Crippen MR) is 258 cm³/mol. The molecule has 0 bridgehead atoms. The molecule has 3 saturated heterocycles. The molecule has 0 radical (unpaired) electrons. The van der Waals surface area contributed by atoms with E-state index < -0.39 is 116 Å². The molecule has 0 amide bonds. The number of benzene rings is 4. The van der Waals surface area contributed by atoms with Crippen LogP contribution in [0.15, 0.2) is 134 Å². The summed E-state index contributed by atoms with van der Waals surface area (Å²) in [4.78, 5) is 52.1. The fraction of sp³-hybridized carbons (Fsp3) is 0.455. The van der Waals surface area contributed by atoms with Gasteiger partial charge in [-0.15, -0.1) is 6.58 Å². The molecule has 15 atom stereocenters. The van der Waals surface area contributed by atoms with Gasteiger partial charge in [-0.25, -0.2) is 4.79 Å². The monoisotopic (exact) mass is 1010 g/mol. The highest BCUT2D eigenvalue weighted by molar-refractivity contribution is 5.89. The number of carbonyl (C=O) groups is 4. The highest BCUT2D eigenvalue weighted by Gasteiger charge is 2.57. The minimum atomic E-state index is -1.63. The zero-order valence-corrected chi connectivity index (χ0v) is 41.4. The smallest absolute Gasteiger partial charge is 0.338 e. The molecule has 3 aliphatic rings. The van der Waals surface area contributed by atoms with Crippen LogP contribution in [-0.2, 0) is 95.8 Å². The summed E-state index contributed by atoms with van der Waals surface area (Å²) in [5, 5.41) is 12.6. The number of hydrogen-bond acceptors (Lipinski definition) is 18. The standard InChI is InChI=1S/C55H64O18/c1-7-28-62-53-50(71-52(60)41-26-18-11-19-27-41)49(73-55-51(69-37(6)58)48(68-36(5)57)44(33(2)66-55)67-35(4)56)45(34(3)65-53)72-54-47(64-31-40-24-16-10-17-25-40)43(59)46(63-30-39-22-14-9-15-23-39)42(70-54)32-61-29-38-20-12-8-13-21-38/h7-27,33-34,42-51,53-55,59H,1,28-32H2,2-6H3/t33-,34-,42+,43-,44-,45-,46+,47+,48+,49+,50+,51+,53+,54+,55-/m0/s1. The molecule has 0 aromatic heterocycles. The third kappa shape index (κ3) is 15.1. The Bertz CT molecular complexity index is 2360. The van der Waals surface area contributed by atoms with Gasteiger partial charge in [-0.1, -0.05) is 115 Å². The van der Waals surface area contributed by atoms with Crippen LogP contribution in [0.25, 0.3) is 0 Å². The molecule has 1 N–H and O–H groups in total. The van der Waals surface area contributed by atoms with E-state index in [-0.39, 0.29) is 38.6 Å². The largest absolute Gasteiger partial charge is 0.456 e. The minimum Gasteiger partial charge on any atom is -0.456 e. The van der Waals surface area contributed by atoms with E-state index >= 15 is 0 Å². The molecule has 0 aliphatic carbocycles. The highest BCUT2D eigenvalue weighted by atomic mass is 16.8. The van der Waals surface area contributed by atoms with Crippen molar-refractivity contribution in [1.29, 1.82) is 0 Å². The van der Waals surface area contributed by atoms with Crippen molar-refractivity contribution in [3.8, 4) is 0 Å². The lowest BCUT2D eigenvalue weighted by atomic mass is 9.95. The molecule has 18 nitrogen and oxygen atoms in total. The van der Waals surface area contributed by atoms with Gasteiger partial charge in [-0.2, -0.15) is 0 Å². The summed E-state index contributed by atoms with van der Waals surface area (Å²) in [6.07, 6.45) is -18.3. The van der Waals surface area contributed by atoms with Gasteiger partial charge in [-0.3, -0.25) is 14.4 Å². The molecule has 4 aromatic rings. The molecule has 0 unspecified atom stereocenters. The second-order valence-electron chi connectivity index (χ2n) is 17.8. The second-order valence-corrected chi connectivity index (χ2v) is 17.8. The van der Waals surface area contributed by atoms with Gasteiger partial charge in [0.1, 0.15) is 36.6 Å². The summed E-state index contributed by atoms with van der Waals surface area (Å²) in [6, 6.07) is 36.5. The number of hydrogen-bond donors (Lipinski definition) is 1. The topological polar surface area (TPSA) is 208 Å². The van der Waals surface area contributed by atoms with Crippen LogP contribution in [-0.4, -0.2) is 134 Å². The Kier molecular flexibility index (Phi) is 20.2. The number of esters is 4. The predicted octanol–water partition coefficient (Wildman–Crippen LogP) is 5.94. The van der Waals surface area contributed by atoms with Crippen molar-refractivity contribution in [1.82, 2.24) is 0 Å². The number of ether oxygens (including phenoxy) is 13. The summed E-state index contributed by atoms with van der Waals surface area (Å²) >= 11 is 0. The third-order valence-corrected chi connectivity index (χ3v) is 12.2. The second kappa shape index (κ2) is 26.9. The van der Waals surface area contributed by atoms with Crippen LogP contribution >= 0.6 is 0 Å².